The average Bonchev–Trinajstić information content (AvgIpc) is 2.35. The maximum atomic E-state index is 8.89. The van der Waals surface area contributed by atoms with Gasteiger partial charge in [0.15, 0.2) is 0 Å². The van der Waals surface area contributed by atoms with E-state index in [4.69, 9.17) is 5.26 Å². The second-order valence-corrected chi connectivity index (χ2v) is 5.22. The average molecular weight is 230 g/mol. The molecule has 0 saturated heterocycles. The molecule has 0 spiro atoms. The number of benzene rings is 1. The molecule has 17 heavy (non-hydrogen) atoms. The first kappa shape index (κ1) is 13.7. The molecule has 1 atom stereocenters. The quantitative estimate of drug-likeness (QED) is 0.809. The first-order chi connectivity index (χ1) is 8.09. The number of nitriles is 1. The number of rotatable bonds is 6. The summed E-state index contributed by atoms with van der Waals surface area (Å²) in [7, 11) is 0. The molecule has 0 saturated carbocycles. The molecule has 1 rings (SSSR count). The lowest BCUT2D eigenvalue weighted by molar-refractivity contribution is 0.310. The molecule has 1 N–H and O–H groups in total. The van der Waals surface area contributed by atoms with Crippen molar-refractivity contribution in [2.24, 2.45) is 5.41 Å². The number of nitrogens with one attached hydrogen (secondary N) is 1. The third-order valence-electron chi connectivity index (χ3n) is 3.28. The minimum atomic E-state index is 0.145. The van der Waals surface area contributed by atoms with Crippen LogP contribution < -0.4 is 5.32 Å². The summed E-state index contributed by atoms with van der Waals surface area (Å²) in [4.78, 5) is 0. The van der Waals surface area contributed by atoms with Crippen LogP contribution in [0.5, 0.6) is 0 Å². The van der Waals surface area contributed by atoms with Crippen LogP contribution in [0, 0.1) is 16.7 Å². The Bertz CT molecular complexity index is 362. The van der Waals surface area contributed by atoms with E-state index >= 15 is 0 Å². The summed E-state index contributed by atoms with van der Waals surface area (Å²) >= 11 is 0. The molecular weight excluding hydrogens is 208 g/mol. The number of hydrogen-bond donors (Lipinski definition) is 1. The number of nitrogens with zero attached hydrogens (tertiary/aromatic N) is 1. The van der Waals surface area contributed by atoms with E-state index in [-0.39, 0.29) is 11.5 Å². The molecule has 0 heterocycles. The highest BCUT2D eigenvalue weighted by molar-refractivity contribution is 5.19. The van der Waals surface area contributed by atoms with Crippen molar-refractivity contribution in [2.75, 3.05) is 6.54 Å². The van der Waals surface area contributed by atoms with Crippen LogP contribution in [0.1, 0.15) is 45.2 Å². The summed E-state index contributed by atoms with van der Waals surface area (Å²) in [6.07, 6.45) is 1.65. The van der Waals surface area contributed by atoms with E-state index in [1.54, 1.807) is 0 Å². The van der Waals surface area contributed by atoms with Crippen molar-refractivity contribution >= 4 is 0 Å². The SMILES string of the molecule is CCC(C)(C)CNC(CC#N)c1ccccc1. The molecule has 1 aromatic carbocycles. The van der Waals surface area contributed by atoms with E-state index in [0.717, 1.165) is 13.0 Å². The van der Waals surface area contributed by atoms with Gasteiger partial charge < -0.3 is 5.32 Å². The highest BCUT2D eigenvalue weighted by Crippen LogP contribution is 2.22. The predicted octanol–water partition coefficient (Wildman–Crippen LogP) is 3.67. The van der Waals surface area contributed by atoms with Crippen LogP contribution in [-0.4, -0.2) is 6.54 Å². The Morgan fingerprint density at radius 2 is 1.94 bits per heavy atom. The predicted molar refractivity (Wildman–Crippen MR) is 71.5 cm³/mol. The highest BCUT2D eigenvalue weighted by Gasteiger charge is 2.18. The Morgan fingerprint density at radius 1 is 1.29 bits per heavy atom. The second kappa shape index (κ2) is 6.42. The van der Waals surface area contributed by atoms with Gasteiger partial charge in [0.05, 0.1) is 12.5 Å². The third-order valence-corrected chi connectivity index (χ3v) is 3.28. The van der Waals surface area contributed by atoms with Crippen molar-refractivity contribution in [3.05, 3.63) is 35.9 Å². The van der Waals surface area contributed by atoms with Gasteiger partial charge in [0.1, 0.15) is 0 Å². The summed E-state index contributed by atoms with van der Waals surface area (Å²) in [5.74, 6) is 0. The zero-order chi connectivity index (χ0) is 12.7. The lowest BCUT2D eigenvalue weighted by Gasteiger charge is -2.26. The van der Waals surface area contributed by atoms with Gasteiger partial charge in [0.2, 0.25) is 0 Å². The van der Waals surface area contributed by atoms with Crippen LogP contribution in [0.4, 0.5) is 0 Å². The van der Waals surface area contributed by atoms with E-state index in [2.05, 4.69) is 44.3 Å². The summed E-state index contributed by atoms with van der Waals surface area (Å²) in [5.41, 5.74) is 1.48. The van der Waals surface area contributed by atoms with Crippen LogP contribution in [0.2, 0.25) is 0 Å². The largest absolute Gasteiger partial charge is 0.309 e. The molecule has 0 amide bonds. The van der Waals surface area contributed by atoms with Gasteiger partial charge >= 0.3 is 0 Å². The van der Waals surface area contributed by atoms with Crippen LogP contribution >= 0.6 is 0 Å². The maximum absolute atomic E-state index is 8.89. The van der Waals surface area contributed by atoms with Gasteiger partial charge in [-0.3, -0.25) is 0 Å². The molecule has 2 nitrogen and oxygen atoms in total. The standard InChI is InChI=1S/C15H22N2/c1-4-15(2,3)12-17-14(10-11-16)13-8-6-5-7-9-13/h5-9,14,17H,4,10,12H2,1-3H3. The van der Waals surface area contributed by atoms with Crippen molar-refractivity contribution in [1.82, 2.24) is 5.32 Å². The van der Waals surface area contributed by atoms with Crippen molar-refractivity contribution in [2.45, 2.75) is 39.7 Å². The normalized spacial score (nSPS) is 13.1. The zero-order valence-corrected chi connectivity index (χ0v) is 11.0. The van der Waals surface area contributed by atoms with Crippen LogP contribution in [0.15, 0.2) is 30.3 Å². The molecule has 0 aliphatic rings. The van der Waals surface area contributed by atoms with E-state index in [1.807, 2.05) is 18.2 Å². The van der Waals surface area contributed by atoms with E-state index < -0.39 is 0 Å². The highest BCUT2D eigenvalue weighted by atomic mass is 14.9. The molecule has 2 heteroatoms. The molecular formula is C15H22N2. The molecule has 0 aromatic heterocycles. The topological polar surface area (TPSA) is 35.8 Å². The van der Waals surface area contributed by atoms with Crippen molar-refractivity contribution in [3.63, 3.8) is 0 Å². The monoisotopic (exact) mass is 230 g/mol. The molecule has 0 aliphatic heterocycles. The first-order valence-corrected chi connectivity index (χ1v) is 6.24. The Labute approximate surface area is 105 Å². The maximum Gasteiger partial charge on any atom is 0.0641 e. The summed E-state index contributed by atoms with van der Waals surface area (Å²) < 4.78 is 0. The molecule has 92 valence electrons. The van der Waals surface area contributed by atoms with Crippen molar-refractivity contribution in [3.8, 4) is 6.07 Å². The Kier molecular flexibility index (Phi) is 5.18. The Morgan fingerprint density at radius 3 is 2.47 bits per heavy atom. The summed E-state index contributed by atoms with van der Waals surface area (Å²) in [6.45, 7) is 7.62. The van der Waals surface area contributed by atoms with Crippen LogP contribution in [0.3, 0.4) is 0 Å². The molecule has 1 unspecified atom stereocenters. The van der Waals surface area contributed by atoms with Gasteiger partial charge in [-0.25, -0.2) is 0 Å². The Balaban J connectivity index is 2.66. The molecule has 0 aliphatic carbocycles. The fraction of sp³-hybridized carbons (Fsp3) is 0.533. The zero-order valence-electron chi connectivity index (χ0n) is 11.0. The van der Waals surface area contributed by atoms with Gasteiger partial charge in [-0.1, -0.05) is 51.1 Å². The van der Waals surface area contributed by atoms with Gasteiger partial charge in [-0.15, -0.1) is 0 Å². The smallest absolute Gasteiger partial charge is 0.0641 e. The van der Waals surface area contributed by atoms with E-state index in [9.17, 15) is 0 Å². The lowest BCUT2D eigenvalue weighted by Crippen LogP contribution is -2.31. The van der Waals surface area contributed by atoms with Crippen LogP contribution in [-0.2, 0) is 0 Å². The molecule has 0 bridgehead atoms. The fourth-order valence-corrected chi connectivity index (χ4v) is 1.61. The summed E-state index contributed by atoms with van der Waals surface area (Å²) in [5, 5.41) is 12.4. The Hall–Kier alpha value is -1.33. The minimum absolute atomic E-state index is 0.145. The lowest BCUT2D eigenvalue weighted by atomic mass is 9.89. The van der Waals surface area contributed by atoms with Gasteiger partial charge in [-0.05, 0) is 17.4 Å². The molecule has 1 aromatic rings. The van der Waals surface area contributed by atoms with E-state index in [1.165, 1.54) is 5.56 Å². The third kappa shape index (κ3) is 4.58. The van der Waals surface area contributed by atoms with E-state index in [0.29, 0.717) is 6.42 Å². The van der Waals surface area contributed by atoms with Crippen molar-refractivity contribution in [1.29, 1.82) is 5.26 Å². The second-order valence-electron chi connectivity index (χ2n) is 5.22. The van der Waals surface area contributed by atoms with Crippen LogP contribution in [0.25, 0.3) is 0 Å². The number of hydrogen-bond acceptors (Lipinski definition) is 2. The first-order valence-electron chi connectivity index (χ1n) is 6.24. The minimum Gasteiger partial charge on any atom is -0.309 e. The molecule has 0 fully saturated rings. The van der Waals surface area contributed by atoms with Gasteiger partial charge in [0.25, 0.3) is 0 Å². The molecule has 0 radical (unpaired) electrons. The van der Waals surface area contributed by atoms with Gasteiger partial charge in [0, 0.05) is 12.6 Å². The van der Waals surface area contributed by atoms with Gasteiger partial charge in [-0.2, -0.15) is 5.26 Å². The van der Waals surface area contributed by atoms with Crippen molar-refractivity contribution < 1.29 is 0 Å². The summed E-state index contributed by atoms with van der Waals surface area (Å²) in [6, 6.07) is 12.6. The fourth-order valence-electron chi connectivity index (χ4n) is 1.61.